The molecule has 16 heavy (non-hydrogen) atoms. The summed E-state index contributed by atoms with van der Waals surface area (Å²) in [5.41, 5.74) is 1.90. The fourth-order valence-corrected chi connectivity index (χ4v) is 1.97. The molecule has 0 unspecified atom stereocenters. The molecular formula is C11H10BrClN2O. The molecule has 0 spiro atoms. The molecule has 0 aliphatic rings. The molecule has 0 amide bonds. The molecule has 0 atom stereocenters. The lowest BCUT2D eigenvalue weighted by atomic mass is 10.2. The van der Waals surface area contributed by atoms with Crippen molar-refractivity contribution in [1.82, 2.24) is 4.98 Å². The van der Waals surface area contributed by atoms with E-state index < -0.39 is 0 Å². The van der Waals surface area contributed by atoms with Crippen LogP contribution in [0.2, 0.25) is 5.15 Å². The highest BCUT2D eigenvalue weighted by Crippen LogP contribution is 2.25. The average molecular weight is 302 g/mol. The molecule has 2 aromatic rings. The Kier molecular flexibility index (Phi) is 3.51. The lowest BCUT2D eigenvalue weighted by Crippen LogP contribution is -2.02. The second kappa shape index (κ2) is 4.89. The van der Waals surface area contributed by atoms with E-state index in [9.17, 15) is 0 Å². The molecule has 2 heterocycles. The van der Waals surface area contributed by atoms with E-state index in [2.05, 4.69) is 26.2 Å². The zero-order valence-electron chi connectivity index (χ0n) is 8.63. The topological polar surface area (TPSA) is 38.1 Å². The number of hydrogen-bond donors (Lipinski definition) is 1. The van der Waals surface area contributed by atoms with Gasteiger partial charge in [-0.05, 0) is 40.5 Å². The second-order valence-electron chi connectivity index (χ2n) is 3.34. The molecule has 0 aliphatic carbocycles. The first-order valence-corrected chi connectivity index (χ1v) is 5.92. The largest absolute Gasteiger partial charge is 0.466 e. The molecule has 1 N–H and O–H groups in total. The number of aryl methyl sites for hydroxylation is 1. The van der Waals surface area contributed by atoms with Crippen molar-refractivity contribution in [1.29, 1.82) is 0 Å². The molecule has 3 nitrogen and oxygen atoms in total. The van der Waals surface area contributed by atoms with Gasteiger partial charge in [0.05, 0.1) is 23.0 Å². The first-order valence-electron chi connectivity index (χ1n) is 4.75. The average Bonchev–Trinajstić information content (AvgIpc) is 2.64. The number of nitrogens with one attached hydrogen (secondary N) is 1. The van der Waals surface area contributed by atoms with Crippen LogP contribution < -0.4 is 5.32 Å². The van der Waals surface area contributed by atoms with Crippen molar-refractivity contribution in [3.8, 4) is 0 Å². The van der Waals surface area contributed by atoms with E-state index in [1.165, 1.54) is 0 Å². The van der Waals surface area contributed by atoms with E-state index >= 15 is 0 Å². The minimum Gasteiger partial charge on any atom is -0.466 e. The fraction of sp³-hybridized carbons (Fsp3) is 0.182. The number of nitrogens with zero attached hydrogens (tertiary/aromatic N) is 1. The van der Waals surface area contributed by atoms with Crippen LogP contribution in [0.5, 0.6) is 0 Å². The number of aromatic nitrogens is 1. The summed E-state index contributed by atoms with van der Waals surface area (Å²) >= 11 is 9.39. The first kappa shape index (κ1) is 11.5. The fourth-order valence-electron chi connectivity index (χ4n) is 1.36. The van der Waals surface area contributed by atoms with Crippen LogP contribution in [0.25, 0.3) is 0 Å². The van der Waals surface area contributed by atoms with Gasteiger partial charge in [-0.15, -0.1) is 0 Å². The quantitative estimate of drug-likeness (QED) is 0.870. The van der Waals surface area contributed by atoms with Crippen LogP contribution in [0.1, 0.15) is 11.3 Å². The molecule has 0 aliphatic heterocycles. The molecule has 0 radical (unpaired) electrons. The Bertz CT molecular complexity index is 478. The summed E-state index contributed by atoms with van der Waals surface area (Å²) in [4.78, 5) is 4.02. The molecule has 0 fully saturated rings. The van der Waals surface area contributed by atoms with Crippen LogP contribution in [0, 0.1) is 6.92 Å². The van der Waals surface area contributed by atoms with Crippen LogP contribution in [-0.4, -0.2) is 4.98 Å². The molecule has 0 saturated carbocycles. The van der Waals surface area contributed by atoms with Gasteiger partial charge in [-0.2, -0.15) is 0 Å². The van der Waals surface area contributed by atoms with Gasteiger partial charge >= 0.3 is 0 Å². The normalized spacial score (nSPS) is 10.4. The van der Waals surface area contributed by atoms with Gasteiger partial charge in [-0.25, -0.2) is 4.98 Å². The summed E-state index contributed by atoms with van der Waals surface area (Å²) < 4.78 is 6.24. The van der Waals surface area contributed by atoms with E-state index in [1.807, 2.05) is 19.1 Å². The highest BCUT2D eigenvalue weighted by atomic mass is 79.9. The molecular weight excluding hydrogens is 291 g/mol. The highest BCUT2D eigenvalue weighted by molar-refractivity contribution is 9.10. The third-order valence-corrected chi connectivity index (χ3v) is 3.22. The van der Waals surface area contributed by atoms with Gasteiger partial charge in [0, 0.05) is 6.20 Å². The lowest BCUT2D eigenvalue weighted by molar-refractivity contribution is 0.516. The number of furan rings is 1. The van der Waals surface area contributed by atoms with Crippen LogP contribution in [0.15, 0.2) is 33.5 Å². The zero-order valence-corrected chi connectivity index (χ0v) is 11.0. The Labute approximate surface area is 107 Å². The summed E-state index contributed by atoms with van der Waals surface area (Å²) in [6, 6.07) is 3.76. The van der Waals surface area contributed by atoms with Crippen LogP contribution in [0.4, 0.5) is 5.69 Å². The standard InChI is InChI=1S/C11H10BrClN2O/c1-7-2-4-14-11(13)10(7)15-6-9-8(12)3-5-16-9/h2-5,15H,6H2,1H3. The smallest absolute Gasteiger partial charge is 0.152 e. The van der Waals surface area contributed by atoms with Gasteiger partial charge in [0.2, 0.25) is 0 Å². The molecule has 84 valence electrons. The van der Waals surface area contributed by atoms with Crippen molar-refractivity contribution in [2.45, 2.75) is 13.5 Å². The van der Waals surface area contributed by atoms with Gasteiger partial charge in [0.1, 0.15) is 5.76 Å². The molecule has 2 aromatic heterocycles. The lowest BCUT2D eigenvalue weighted by Gasteiger charge is -2.09. The number of anilines is 1. The van der Waals surface area contributed by atoms with Crippen molar-refractivity contribution in [2.75, 3.05) is 5.32 Å². The van der Waals surface area contributed by atoms with E-state index in [-0.39, 0.29) is 0 Å². The summed E-state index contributed by atoms with van der Waals surface area (Å²) in [6.45, 7) is 2.55. The molecule has 5 heteroatoms. The zero-order chi connectivity index (χ0) is 11.5. The number of pyridine rings is 1. The third kappa shape index (κ3) is 2.39. The van der Waals surface area contributed by atoms with E-state index in [1.54, 1.807) is 12.5 Å². The van der Waals surface area contributed by atoms with Crippen molar-refractivity contribution in [2.24, 2.45) is 0 Å². The predicted octanol–water partition coefficient (Wildman–Crippen LogP) is 4.01. The third-order valence-electron chi connectivity index (χ3n) is 2.23. The summed E-state index contributed by atoms with van der Waals surface area (Å²) in [5.74, 6) is 0.833. The van der Waals surface area contributed by atoms with Crippen molar-refractivity contribution >= 4 is 33.2 Å². The SMILES string of the molecule is Cc1ccnc(Cl)c1NCc1occc1Br. The highest BCUT2D eigenvalue weighted by Gasteiger charge is 2.07. The Morgan fingerprint density at radius 3 is 2.94 bits per heavy atom. The molecule has 2 rings (SSSR count). The number of hydrogen-bond acceptors (Lipinski definition) is 3. The van der Waals surface area contributed by atoms with Crippen LogP contribution in [0.3, 0.4) is 0 Å². The van der Waals surface area contributed by atoms with E-state index in [0.717, 1.165) is 21.5 Å². The van der Waals surface area contributed by atoms with Crippen molar-refractivity contribution in [3.05, 3.63) is 45.5 Å². The maximum atomic E-state index is 5.99. The maximum Gasteiger partial charge on any atom is 0.152 e. The minimum atomic E-state index is 0.475. The predicted molar refractivity (Wildman–Crippen MR) is 67.7 cm³/mol. The van der Waals surface area contributed by atoms with Crippen LogP contribution in [-0.2, 0) is 6.54 Å². The van der Waals surface area contributed by atoms with E-state index in [4.69, 9.17) is 16.0 Å². The summed E-state index contributed by atoms with van der Waals surface area (Å²) in [5, 5.41) is 3.68. The summed E-state index contributed by atoms with van der Waals surface area (Å²) in [7, 11) is 0. The van der Waals surface area contributed by atoms with E-state index in [0.29, 0.717) is 11.7 Å². The van der Waals surface area contributed by atoms with Gasteiger partial charge in [0.25, 0.3) is 0 Å². The second-order valence-corrected chi connectivity index (χ2v) is 4.55. The number of halogens is 2. The summed E-state index contributed by atoms with van der Waals surface area (Å²) in [6.07, 6.45) is 3.32. The van der Waals surface area contributed by atoms with Gasteiger partial charge in [-0.3, -0.25) is 0 Å². The number of rotatable bonds is 3. The first-order chi connectivity index (χ1) is 7.68. The van der Waals surface area contributed by atoms with Gasteiger partial charge in [-0.1, -0.05) is 11.6 Å². The van der Waals surface area contributed by atoms with Crippen molar-refractivity contribution < 1.29 is 4.42 Å². The molecule has 0 bridgehead atoms. The maximum absolute atomic E-state index is 5.99. The Morgan fingerprint density at radius 1 is 1.50 bits per heavy atom. The van der Waals surface area contributed by atoms with Crippen LogP contribution >= 0.6 is 27.5 Å². The monoisotopic (exact) mass is 300 g/mol. The van der Waals surface area contributed by atoms with Gasteiger partial charge < -0.3 is 9.73 Å². The van der Waals surface area contributed by atoms with Gasteiger partial charge in [0.15, 0.2) is 5.15 Å². The Morgan fingerprint density at radius 2 is 2.31 bits per heavy atom. The van der Waals surface area contributed by atoms with Crippen molar-refractivity contribution in [3.63, 3.8) is 0 Å². The molecule has 0 saturated heterocycles. The Balaban J connectivity index is 2.14. The molecule has 0 aromatic carbocycles. The Hall–Kier alpha value is -1.00. The minimum absolute atomic E-state index is 0.475.